The molecule has 0 aliphatic carbocycles. The minimum absolute atomic E-state index is 0.264. The van der Waals surface area contributed by atoms with Gasteiger partial charge < -0.3 is 16.0 Å². The lowest BCUT2D eigenvalue weighted by molar-refractivity contribution is -0.115. The van der Waals surface area contributed by atoms with Crippen LogP contribution >= 0.6 is 0 Å². The van der Waals surface area contributed by atoms with Crippen LogP contribution < -0.4 is 16.0 Å². The topological polar surface area (TPSA) is 105 Å². The molecule has 0 saturated heterocycles. The lowest BCUT2D eigenvalue weighted by Gasteiger charge is -2.11. The molecule has 0 aliphatic rings. The largest absolute Gasteiger partial charge is 0.352 e. The Morgan fingerprint density at radius 2 is 1.57 bits per heavy atom. The number of rotatable bonds is 7. The number of aromatic nitrogens is 2. The van der Waals surface area contributed by atoms with Gasteiger partial charge in [-0.1, -0.05) is 12.1 Å². The lowest BCUT2D eigenvalue weighted by atomic mass is 10.1. The fraction of sp³-hybridized carbons (Fsp3) is 0.182. The minimum Gasteiger partial charge on any atom is -0.352 e. The molecule has 0 unspecified atom stereocenters. The van der Waals surface area contributed by atoms with Crippen molar-refractivity contribution < 1.29 is 14.4 Å². The fourth-order valence-corrected chi connectivity index (χ4v) is 2.97. The molecule has 2 aromatic carbocycles. The second-order valence-corrected chi connectivity index (χ2v) is 6.78. The van der Waals surface area contributed by atoms with Crippen molar-refractivity contribution in [2.45, 2.75) is 20.3 Å². The van der Waals surface area contributed by atoms with Crippen LogP contribution in [-0.2, 0) is 16.0 Å². The van der Waals surface area contributed by atoms with E-state index in [4.69, 9.17) is 0 Å². The highest BCUT2D eigenvalue weighted by atomic mass is 16.2. The van der Waals surface area contributed by atoms with Crippen molar-refractivity contribution >= 4 is 29.1 Å². The van der Waals surface area contributed by atoms with E-state index < -0.39 is 0 Å². The summed E-state index contributed by atoms with van der Waals surface area (Å²) in [6.45, 7) is 3.20. The number of benzene rings is 2. The van der Waals surface area contributed by atoms with Crippen molar-refractivity contribution in [3.05, 3.63) is 72.1 Å². The van der Waals surface area contributed by atoms with Crippen LogP contribution in [0.25, 0.3) is 5.69 Å². The van der Waals surface area contributed by atoms with Crippen molar-refractivity contribution in [2.24, 2.45) is 0 Å². The fourth-order valence-electron chi connectivity index (χ4n) is 2.97. The minimum atomic E-state index is -0.290. The van der Waals surface area contributed by atoms with Crippen LogP contribution in [-0.4, -0.2) is 34.0 Å². The molecule has 1 aromatic heterocycles. The molecule has 0 saturated carbocycles. The monoisotopic (exact) mass is 405 g/mol. The molecular formula is C22H23N5O3. The summed E-state index contributed by atoms with van der Waals surface area (Å²) < 4.78 is 1.78. The second-order valence-electron chi connectivity index (χ2n) is 6.78. The summed E-state index contributed by atoms with van der Waals surface area (Å²) in [7, 11) is 0. The van der Waals surface area contributed by atoms with E-state index in [0.29, 0.717) is 29.9 Å². The third-order valence-corrected chi connectivity index (χ3v) is 4.24. The van der Waals surface area contributed by atoms with Gasteiger partial charge in [0.15, 0.2) is 0 Å². The first kappa shape index (κ1) is 20.8. The molecule has 0 aliphatic heterocycles. The highest BCUT2D eigenvalue weighted by Gasteiger charge is 2.10. The number of hydrogen-bond donors (Lipinski definition) is 3. The molecule has 0 atom stereocenters. The predicted molar refractivity (Wildman–Crippen MR) is 115 cm³/mol. The normalized spacial score (nSPS) is 10.3. The lowest BCUT2D eigenvalue weighted by Crippen LogP contribution is -2.26. The molecule has 154 valence electrons. The van der Waals surface area contributed by atoms with Gasteiger partial charge in [-0.3, -0.25) is 14.4 Å². The summed E-state index contributed by atoms with van der Waals surface area (Å²) in [6.07, 6.45) is 4.26. The molecule has 3 amide bonds. The van der Waals surface area contributed by atoms with Gasteiger partial charge in [0.25, 0.3) is 5.91 Å². The van der Waals surface area contributed by atoms with Crippen LogP contribution in [0.4, 0.5) is 11.4 Å². The van der Waals surface area contributed by atoms with Crippen LogP contribution in [0, 0.1) is 0 Å². The molecule has 3 rings (SSSR count). The van der Waals surface area contributed by atoms with Gasteiger partial charge in [0.2, 0.25) is 11.8 Å². The van der Waals surface area contributed by atoms with Crippen molar-refractivity contribution in [1.29, 1.82) is 0 Å². The van der Waals surface area contributed by atoms with Gasteiger partial charge in [0.05, 0.1) is 5.69 Å². The Bertz CT molecular complexity index is 1010. The summed E-state index contributed by atoms with van der Waals surface area (Å²) >= 11 is 0. The SMILES string of the molecule is CC(=O)Nc1cc(NC(C)=O)cc(C(=O)NCCc2ccc(-n3cccn3)cc2)c1. The zero-order chi connectivity index (χ0) is 21.5. The summed E-state index contributed by atoms with van der Waals surface area (Å²) in [5, 5.41) is 12.3. The van der Waals surface area contributed by atoms with E-state index in [1.165, 1.54) is 13.8 Å². The Morgan fingerprint density at radius 3 is 2.10 bits per heavy atom. The molecular weight excluding hydrogens is 382 g/mol. The van der Waals surface area contributed by atoms with Crippen molar-refractivity contribution in [3.63, 3.8) is 0 Å². The molecule has 0 fully saturated rings. The van der Waals surface area contributed by atoms with E-state index in [1.54, 1.807) is 29.1 Å². The van der Waals surface area contributed by atoms with Gasteiger partial charge in [-0.05, 0) is 48.4 Å². The van der Waals surface area contributed by atoms with Gasteiger partial charge in [-0.25, -0.2) is 4.68 Å². The van der Waals surface area contributed by atoms with Crippen LogP contribution in [0.1, 0.15) is 29.8 Å². The Hall–Kier alpha value is -3.94. The first-order valence-electron chi connectivity index (χ1n) is 9.48. The number of nitrogens with zero attached hydrogens (tertiary/aromatic N) is 2. The molecule has 1 heterocycles. The first-order chi connectivity index (χ1) is 14.4. The predicted octanol–water partition coefficient (Wildman–Crippen LogP) is 2.76. The highest BCUT2D eigenvalue weighted by Crippen LogP contribution is 2.19. The standard InChI is InChI=1S/C22H23N5O3/c1-15(28)25-19-12-18(13-20(14-19)26-16(2)29)22(30)23-10-8-17-4-6-21(7-5-17)27-11-3-9-24-27/h3-7,9,11-14H,8,10H2,1-2H3,(H,23,30)(H,25,28)(H,26,29). The first-order valence-corrected chi connectivity index (χ1v) is 9.48. The number of hydrogen-bond acceptors (Lipinski definition) is 4. The molecule has 8 heteroatoms. The molecule has 0 bridgehead atoms. The zero-order valence-corrected chi connectivity index (χ0v) is 16.8. The Kier molecular flexibility index (Phi) is 6.59. The maximum absolute atomic E-state index is 12.6. The van der Waals surface area contributed by atoms with Crippen molar-refractivity contribution in [1.82, 2.24) is 15.1 Å². The van der Waals surface area contributed by atoms with E-state index >= 15 is 0 Å². The van der Waals surface area contributed by atoms with E-state index in [2.05, 4.69) is 21.0 Å². The number of carbonyl (C=O) groups excluding carboxylic acids is 3. The third kappa shape index (κ3) is 5.78. The average Bonchev–Trinajstić information content (AvgIpc) is 3.22. The molecule has 30 heavy (non-hydrogen) atoms. The quantitative estimate of drug-likeness (QED) is 0.562. The highest BCUT2D eigenvalue weighted by molar-refractivity contribution is 5.99. The van der Waals surface area contributed by atoms with Crippen molar-refractivity contribution in [2.75, 3.05) is 17.2 Å². The van der Waals surface area contributed by atoms with Crippen LogP contribution in [0.2, 0.25) is 0 Å². The third-order valence-electron chi connectivity index (χ3n) is 4.24. The van der Waals surface area contributed by atoms with Gasteiger partial charge in [-0.2, -0.15) is 5.10 Å². The Morgan fingerprint density at radius 1 is 0.933 bits per heavy atom. The molecule has 8 nitrogen and oxygen atoms in total. The maximum Gasteiger partial charge on any atom is 0.251 e. The number of amides is 3. The van der Waals surface area contributed by atoms with Gasteiger partial charge in [-0.15, -0.1) is 0 Å². The van der Waals surface area contributed by atoms with E-state index in [0.717, 1.165) is 11.3 Å². The Balaban J connectivity index is 1.62. The molecule has 0 radical (unpaired) electrons. The van der Waals surface area contributed by atoms with E-state index in [9.17, 15) is 14.4 Å². The molecule has 3 aromatic rings. The van der Waals surface area contributed by atoms with Crippen LogP contribution in [0.15, 0.2) is 60.9 Å². The van der Waals surface area contributed by atoms with Gasteiger partial charge in [0, 0.05) is 49.7 Å². The van der Waals surface area contributed by atoms with E-state index in [1.807, 2.05) is 36.5 Å². The Labute approximate surface area is 174 Å². The zero-order valence-electron chi connectivity index (χ0n) is 16.8. The van der Waals surface area contributed by atoms with Gasteiger partial charge in [0.1, 0.15) is 0 Å². The maximum atomic E-state index is 12.6. The van der Waals surface area contributed by atoms with Crippen LogP contribution in [0.5, 0.6) is 0 Å². The van der Waals surface area contributed by atoms with E-state index in [-0.39, 0.29) is 17.7 Å². The van der Waals surface area contributed by atoms with Crippen molar-refractivity contribution in [3.8, 4) is 5.69 Å². The summed E-state index contributed by atoms with van der Waals surface area (Å²) in [4.78, 5) is 35.3. The number of nitrogens with one attached hydrogen (secondary N) is 3. The number of anilines is 2. The summed E-state index contributed by atoms with van der Waals surface area (Å²) in [6, 6.07) is 14.5. The summed E-state index contributed by atoms with van der Waals surface area (Å²) in [5.74, 6) is -0.818. The average molecular weight is 405 g/mol. The summed E-state index contributed by atoms with van der Waals surface area (Å²) in [5.41, 5.74) is 3.27. The smallest absolute Gasteiger partial charge is 0.251 e. The second kappa shape index (κ2) is 9.51. The van der Waals surface area contributed by atoms with Gasteiger partial charge >= 0.3 is 0 Å². The molecule has 3 N–H and O–H groups in total. The molecule has 0 spiro atoms. The van der Waals surface area contributed by atoms with Crippen LogP contribution in [0.3, 0.4) is 0 Å². The number of carbonyl (C=O) groups is 3.